The molecule has 5 nitrogen and oxygen atoms in total. The standard InChI is InChI=1S/C20H30N2O3/c1-5-20(3,6-2)25-16-17(23)15-21-11-13-22(14-12-21)18-9-7-8-10-19(18)24-4/h1,7-10,17,23H,6,11-16H2,2-4H3/t17-,20+/m1/s1. The van der Waals surface area contributed by atoms with Crippen molar-refractivity contribution < 1.29 is 14.6 Å². The second-order valence-electron chi connectivity index (χ2n) is 6.65. The van der Waals surface area contributed by atoms with Crippen LogP contribution in [0.15, 0.2) is 24.3 Å². The van der Waals surface area contributed by atoms with Crippen LogP contribution < -0.4 is 9.64 Å². The van der Waals surface area contributed by atoms with Crippen LogP contribution in [0, 0.1) is 12.3 Å². The number of hydrogen-bond donors (Lipinski definition) is 1. The van der Waals surface area contributed by atoms with Crippen LogP contribution in [0.25, 0.3) is 0 Å². The Bertz CT molecular complexity index is 579. The zero-order chi connectivity index (χ0) is 18.3. The number of ether oxygens (including phenoxy) is 2. The molecule has 2 rings (SSSR count). The molecule has 1 aromatic carbocycles. The molecule has 0 saturated carbocycles. The maximum Gasteiger partial charge on any atom is 0.142 e. The number of anilines is 1. The van der Waals surface area contributed by atoms with Crippen molar-refractivity contribution in [3.63, 3.8) is 0 Å². The first-order chi connectivity index (χ1) is 12.0. The summed E-state index contributed by atoms with van der Waals surface area (Å²) in [5, 5.41) is 10.3. The van der Waals surface area contributed by atoms with Crippen LogP contribution in [0.1, 0.15) is 20.3 Å². The van der Waals surface area contributed by atoms with Gasteiger partial charge in [0.05, 0.1) is 25.5 Å². The molecule has 0 aliphatic carbocycles. The molecule has 0 spiro atoms. The second-order valence-corrected chi connectivity index (χ2v) is 6.65. The molecule has 1 aliphatic rings. The molecule has 1 heterocycles. The Morgan fingerprint density at radius 3 is 2.56 bits per heavy atom. The van der Waals surface area contributed by atoms with E-state index in [1.54, 1.807) is 7.11 Å². The average Bonchev–Trinajstić information content (AvgIpc) is 2.66. The molecule has 0 amide bonds. The number of hydrogen-bond acceptors (Lipinski definition) is 5. The zero-order valence-corrected chi connectivity index (χ0v) is 15.6. The molecule has 5 heteroatoms. The predicted molar refractivity (Wildman–Crippen MR) is 101 cm³/mol. The maximum absolute atomic E-state index is 10.3. The first-order valence-electron chi connectivity index (χ1n) is 8.91. The molecule has 2 atom stereocenters. The van der Waals surface area contributed by atoms with E-state index in [0.29, 0.717) is 6.54 Å². The predicted octanol–water partition coefficient (Wildman–Crippen LogP) is 2.00. The van der Waals surface area contributed by atoms with Gasteiger partial charge in [0.2, 0.25) is 0 Å². The monoisotopic (exact) mass is 346 g/mol. The fourth-order valence-corrected chi connectivity index (χ4v) is 2.94. The molecular formula is C20H30N2O3. The molecule has 1 N–H and O–H groups in total. The van der Waals surface area contributed by atoms with E-state index < -0.39 is 11.7 Å². The number of para-hydroxylation sites is 2. The summed E-state index contributed by atoms with van der Waals surface area (Å²) in [5.74, 6) is 3.56. The number of terminal acetylenes is 1. The Morgan fingerprint density at radius 1 is 1.28 bits per heavy atom. The van der Waals surface area contributed by atoms with Crippen LogP contribution in [0.2, 0.25) is 0 Å². The number of aliphatic hydroxyl groups is 1. The molecular weight excluding hydrogens is 316 g/mol. The van der Waals surface area contributed by atoms with Crippen LogP contribution in [-0.4, -0.2) is 68.2 Å². The number of β-amino-alcohol motifs (C(OH)–C–C–N with tert-alkyl or cyclic N) is 1. The third-order valence-corrected chi connectivity index (χ3v) is 4.84. The molecule has 0 bridgehead atoms. The van der Waals surface area contributed by atoms with Crippen molar-refractivity contribution in [1.29, 1.82) is 0 Å². The summed E-state index contributed by atoms with van der Waals surface area (Å²) in [4.78, 5) is 4.59. The van der Waals surface area contributed by atoms with Gasteiger partial charge in [-0.15, -0.1) is 6.42 Å². The number of piperazine rings is 1. The molecule has 1 aromatic rings. The van der Waals surface area contributed by atoms with Crippen molar-refractivity contribution in [3.8, 4) is 18.1 Å². The zero-order valence-electron chi connectivity index (χ0n) is 15.6. The average molecular weight is 346 g/mol. The molecule has 138 valence electrons. The molecule has 1 saturated heterocycles. The number of rotatable bonds is 8. The molecule has 1 fully saturated rings. The lowest BCUT2D eigenvalue weighted by Gasteiger charge is -2.37. The smallest absolute Gasteiger partial charge is 0.142 e. The summed E-state index contributed by atoms with van der Waals surface area (Å²) in [6.07, 6.45) is 5.70. The minimum atomic E-state index is -0.594. The third kappa shape index (κ3) is 5.37. The molecule has 0 aromatic heterocycles. The van der Waals surface area contributed by atoms with E-state index >= 15 is 0 Å². The highest BCUT2D eigenvalue weighted by molar-refractivity contribution is 5.58. The number of benzene rings is 1. The van der Waals surface area contributed by atoms with Gasteiger partial charge in [0.1, 0.15) is 11.4 Å². The summed E-state index contributed by atoms with van der Waals surface area (Å²) < 4.78 is 11.2. The van der Waals surface area contributed by atoms with Crippen LogP contribution >= 0.6 is 0 Å². The SMILES string of the molecule is C#C[C@@](C)(CC)OC[C@H](O)CN1CCN(c2ccccc2OC)CC1. The first-order valence-corrected chi connectivity index (χ1v) is 8.91. The Labute approximate surface area is 151 Å². The van der Waals surface area contributed by atoms with E-state index in [2.05, 4.69) is 21.8 Å². The Hall–Kier alpha value is -1.74. The summed E-state index contributed by atoms with van der Waals surface area (Å²) in [6, 6.07) is 8.08. The van der Waals surface area contributed by atoms with Gasteiger partial charge in [0.15, 0.2) is 0 Å². The number of aliphatic hydroxyl groups excluding tert-OH is 1. The quantitative estimate of drug-likeness (QED) is 0.730. The van der Waals surface area contributed by atoms with Gasteiger partial charge < -0.3 is 19.5 Å². The molecule has 25 heavy (non-hydrogen) atoms. The van der Waals surface area contributed by atoms with Gasteiger partial charge >= 0.3 is 0 Å². The van der Waals surface area contributed by atoms with Crippen LogP contribution in [0.5, 0.6) is 5.75 Å². The van der Waals surface area contributed by atoms with E-state index in [9.17, 15) is 5.11 Å². The van der Waals surface area contributed by atoms with Crippen LogP contribution in [0.3, 0.4) is 0 Å². The van der Waals surface area contributed by atoms with Gasteiger partial charge in [-0.1, -0.05) is 25.0 Å². The van der Waals surface area contributed by atoms with Gasteiger partial charge in [-0.3, -0.25) is 4.90 Å². The lowest BCUT2D eigenvalue weighted by Crippen LogP contribution is -2.49. The molecule has 1 aliphatic heterocycles. The largest absolute Gasteiger partial charge is 0.495 e. The van der Waals surface area contributed by atoms with Crippen molar-refractivity contribution in [2.24, 2.45) is 0 Å². The van der Waals surface area contributed by atoms with Gasteiger partial charge in [-0.05, 0) is 25.5 Å². The fourth-order valence-electron chi connectivity index (χ4n) is 2.94. The summed E-state index contributed by atoms with van der Waals surface area (Å²) >= 11 is 0. The maximum atomic E-state index is 10.3. The van der Waals surface area contributed by atoms with E-state index in [4.69, 9.17) is 15.9 Å². The number of nitrogens with zero attached hydrogens (tertiary/aromatic N) is 2. The Kier molecular flexibility index (Phi) is 7.12. The Morgan fingerprint density at radius 2 is 1.96 bits per heavy atom. The van der Waals surface area contributed by atoms with E-state index in [1.807, 2.05) is 32.0 Å². The summed E-state index contributed by atoms with van der Waals surface area (Å²) in [6.45, 7) is 8.35. The van der Waals surface area contributed by atoms with Crippen molar-refractivity contribution >= 4 is 5.69 Å². The van der Waals surface area contributed by atoms with Crippen molar-refractivity contribution in [2.75, 3.05) is 51.3 Å². The Balaban J connectivity index is 1.79. The van der Waals surface area contributed by atoms with Gasteiger partial charge in [0, 0.05) is 32.7 Å². The molecule has 0 unspecified atom stereocenters. The summed E-state index contributed by atoms with van der Waals surface area (Å²) in [7, 11) is 1.70. The third-order valence-electron chi connectivity index (χ3n) is 4.84. The summed E-state index contributed by atoms with van der Waals surface area (Å²) in [5.41, 5.74) is 0.532. The normalized spacial score (nSPS) is 19.1. The van der Waals surface area contributed by atoms with Crippen molar-refractivity contribution in [2.45, 2.75) is 32.0 Å². The van der Waals surface area contributed by atoms with Crippen LogP contribution in [-0.2, 0) is 4.74 Å². The lowest BCUT2D eigenvalue weighted by molar-refractivity contribution is -0.0473. The highest BCUT2D eigenvalue weighted by Gasteiger charge is 2.24. The topological polar surface area (TPSA) is 45.2 Å². The molecule has 0 radical (unpaired) electrons. The second kappa shape index (κ2) is 9.10. The highest BCUT2D eigenvalue weighted by atomic mass is 16.5. The van der Waals surface area contributed by atoms with Crippen LogP contribution in [0.4, 0.5) is 5.69 Å². The lowest BCUT2D eigenvalue weighted by atomic mass is 10.1. The van der Waals surface area contributed by atoms with E-state index in [-0.39, 0.29) is 6.61 Å². The number of methoxy groups -OCH3 is 1. The fraction of sp³-hybridized carbons (Fsp3) is 0.600. The minimum absolute atomic E-state index is 0.265. The van der Waals surface area contributed by atoms with E-state index in [0.717, 1.165) is 44.0 Å². The van der Waals surface area contributed by atoms with Crippen molar-refractivity contribution in [3.05, 3.63) is 24.3 Å². The van der Waals surface area contributed by atoms with E-state index in [1.165, 1.54) is 0 Å². The van der Waals surface area contributed by atoms with Crippen molar-refractivity contribution in [1.82, 2.24) is 4.90 Å². The highest BCUT2D eigenvalue weighted by Crippen LogP contribution is 2.28. The van der Waals surface area contributed by atoms with Gasteiger partial charge in [0.25, 0.3) is 0 Å². The van der Waals surface area contributed by atoms with Gasteiger partial charge in [-0.2, -0.15) is 0 Å². The minimum Gasteiger partial charge on any atom is -0.495 e. The first kappa shape index (κ1) is 19.6. The van der Waals surface area contributed by atoms with Gasteiger partial charge in [-0.25, -0.2) is 0 Å².